The quantitative estimate of drug-likeness (QED) is 0.789. The number of nitrogens with one attached hydrogen (secondary N) is 1. The number of carboxylic acids is 1. The van der Waals surface area contributed by atoms with Crippen LogP contribution in [0.15, 0.2) is 23.1 Å². The minimum absolute atomic E-state index is 0.0938. The van der Waals surface area contributed by atoms with Gasteiger partial charge in [0.1, 0.15) is 11.3 Å². The molecule has 112 valence electrons. The molecule has 0 radical (unpaired) electrons. The topological polar surface area (TPSA) is 92.7 Å². The van der Waals surface area contributed by atoms with Gasteiger partial charge in [-0.25, -0.2) is 17.9 Å². The van der Waals surface area contributed by atoms with Crippen molar-refractivity contribution < 1.29 is 23.1 Å². The zero-order valence-corrected chi connectivity index (χ0v) is 13.0. The van der Waals surface area contributed by atoms with Crippen LogP contribution in [-0.2, 0) is 10.0 Å². The van der Waals surface area contributed by atoms with Gasteiger partial charge in [-0.3, -0.25) is 0 Å². The molecule has 20 heavy (non-hydrogen) atoms. The number of benzene rings is 1. The maximum Gasteiger partial charge on any atom is 0.339 e. The molecule has 0 aromatic heterocycles. The monoisotopic (exact) mass is 319 g/mol. The molecule has 0 bridgehead atoms. The molecule has 1 rings (SSSR count). The Labute approximate surface area is 122 Å². The number of ether oxygens (including phenoxy) is 1. The molecule has 0 saturated carbocycles. The summed E-state index contributed by atoms with van der Waals surface area (Å²) in [4.78, 5) is 11.0. The molecule has 1 atom stereocenters. The van der Waals surface area contributed by atoms with Crippen LogP contribution in [0, 0.1) is 0 Å². The molecule has 0 amide bonds. The van der Waals surface area contributed by atoms with Gasteiger partial charge >= 0.3 is 5.97 Å². The van der Waals surface area contributed by atoms with Crippen LogP contribution < -0.4 is 9.46 Å². The number of hydrogen-bond donors (Lipinski definition) is 2. The summed E-state index contributed by atoms with van der Waals surface area (Å²) in [7, 11) is -2.42. The summed E-state index contributed by atoms with van der Waals surface area (Å²) in [6, 6.07) is 3.50. The number of sulfonamides is 1. The zero-order valence-electron chi connectivity index (χ0n) is 11.4. The van der Waals surface area contributed by atoms with Crippen LogP contribution in [0.3, 0.4) is 0 Å². The van der Waals surface area contributed by atoms with E-state index in [1.165, 1.54) is 31.0 Å². The molecule has 0 fully saturated rings. The van der Waals surface area contributed by atoms with Crippen molar-refractivity contribution in [3.8, 4) is 5.75 Å². The van der Waals surface area contributed by atoms with Crippen molar-refractivity contribution in [1.82, 2.24) is 4.72 Å². The normalized spacial score (nSPS) is 12.9. The second kappa shape index (κ2) is 6.96. The first-order valence-electron chi connectivity index (χ1n) is 5.74. The first-order chi connectivity index (χ1) is 9.31. The Morgan fingerprint density at radius 3 is 2.65 bits per heavy atom. The van der Waals surface area contributed by atoms with Crippen molar-refractivity contribution in [2.45, 2.75) is 17.9 Å². The van der Waals surface area contributed by atoms with Gasteiger partial charge in [0.25, 0.3) is 0 Å². The number of thioether (sulfide) groups is 1. The van der Waals surface area contributed by atoms with Crippen molar-refractivity contribution in [3.05, 3.63) is 23.8 Å². The van der Waals surface area contributed by atoms with E-state index in [0.717, 1.165) is 6.07 Å². The first kappa shape index (κ1) is 16.8. The predicted molar refractivity (Wildman–Crippen MR) is 78.1 cm³/mol. The van der Waals surface area contributed by atoms with Gasteiger partial charge in [-0.05, 0) is 31.4 Å². The van der Waals surface area contributed by atoms with E-state index >= 15 is 0 Å². The number of methoxy groups -OCH3 is 1. The van der Waals surface area contributed by atoms with E-state index in [4.69, 9.17) is 9.84 Å². The van der Waals surface area contributed by atoms with Crippen LogP contribution in [0.1, 0.15) is 17.3 Å². The molecule has 0 spiro atoms. The number of hydrogen-bond acceptors (Lipinski definition) is 5. The van der Waals surface area contributed by atoms with Gasteiger partial charge in [0, 0.05) is 11.8 Å². The molecular formula is C12H17NO5S2. The summed E-state index contributed by atoms with van der Waals surface area (Å²) in [5, 5.41) is 9.05. The molecule has 0 aliphatic rings. The van der Waals surface area contributed by atoms with E-state index in [9.17, 15) is 13.2 Å². The SMILES string of the molecule is COc1ccc(S(=O)(=O)NC(C)CSC)cc1C(=O)O. The van der Waals surface area contributed by atoms with Crippen LogP contribution in [-0.4, -0.2) is 44.7 Å². The Bertz CT molecular complexity index is 586. The summed E-state index contributed by atoms with van der Waals surface area (Å²) in [6.45, 7) is 1.75. The highest BCUT2D eigenvalue weighted by Crippen LogP contribution is 2.22. The van der Waals surface area contributed by atoms with E-state index in [1.807, 2.05) is 6.26 Å². The largest absolute Gasteiger partial charge is 0.496 e. The van der Waals surface area contributed by atoms with Crippen LogP contribution in [0.2, 0.25) is 0 Å². The molecular weight excluding hydrogens is 302 g/mol. The Morgan fingerprint density at radius 2 is 2.15 bits per heavy atom. The summed E-state index contributed by atoms with van der Waals surface area (Å²) >= 11 is 1.52. The molecule has 6 nitrogen and oxygen atoms in total. The van der Waals surface area contributed by atoms with Gasteiger partial charge < -0.3 is 9.84 Å². The van der Waals surface area contributed by atoms with Crippen molar-refractivity contribution in [2.75, 3.05) is 19.1 Å². The molecule has 0 aliphatic heterocycles. The number of carbonyl (C=O) groups is 1. The van der Waals surface area contributed by atoms with Crippen molar-refractivity contribution in [1.29, 1.82) is 0 Å². The smallest absolute Gasteiger partial charge is 0.339 e. The van der Waals surface area contributed by atoms with Gasteiger partial charge in [0.2, 0.25) is 10.0 Å². The third-order valence-electron chi connectivity index (χ3n) is 2.48. The van der Waals surface area contributed by atoms with Crippen molar-refractivity contribution >= 4 is 27.8 Å². The molecule has 1 unspecified atom stereocenters. The lowest BCUT2D eigenvalue weighted by atomic mass is 10.2. The Balaban J connectivity index is 3.13. The highest BCUT2D eigenvalue weighted by molar-refractivity contribution is 7.98. The molecule has 0 heterocycles. The number of aromatic carboxylic acids is 1. The molecule has 1 aromatic rings. The van der Waals surface area contributed by atoms with Crippen molar-refractivity contribution in [3.63, 3.8) is 0 Å². The van der Waals surface area contributed by atoms with Crippen LogP contribution in [0.25, 0.3) is 0 Å². The van der Waals surface area contributed by atoms with Gasteiger partial charge in [-0.15, -0.1) is 0 Å². The van der Waals surface area contributed by atoms with Crippen LogP contribution in [0.5, 0.6) is 5.75 Å². The van der Waals surface area contributed by atoms with E-state index < -0.39 is 16.0 Å². The van der Waals surface area contributed by atoms with Gasteiger partial charge in [-0.1, -0.05) is 0 Å². The number of carboxylic acid groups (broad SMARTS) is 1. The lowest BCUT2D eigenvalue weighted by molar-refractivity contribution is 0.0693. The van der Waals surface area contributed by atoms with Gasteiger partial charge in [0.05, 0.1) is 12.0 Å². The van der Waals surface area contributed by atoms with Crippen LogP contribution in [0.4, 0.5) is 0 Å². The van der Waals surface area contributed by atoms with Crippen LogP contribution >= 0.6 is 11.8 Å². The summed E-state index contributed by atoms with van der Waals surface area (Å²) < 4.78 is 31.7. The highest BCUT2D eigenvalue weighted by atomic mass is 32.2. The minimum atomic E-state index is -3.74. The summed E-state index contributed by atoms with van der Waals surface area (Å²) in [6.07, 6.45) is 1.88. The number of rotatable bonds is 7. The Morgan fingerprint density at radius 1 is 1.50 bits per heavy atom. The third-order valence-corrected chi connectivity index (χ3v) is 4.91. The zero-order chi connectivity index (χ0) is 15.3. The average Bonchev–Trinajstić information content (AvgIpc) is 2.37. The van der Waals surface area contributed by atoms with E-state index in [-0.39, 0.29) is 22.3 Å². The standard InChI is InChI=1S/C12H17NO5S2/c1-8(7-19-3)13-20(16,17)9-4-5-11(18-2)10(6-9)12(14)15/h4-6,8,13H,7H2,1-3H3,(H,14,15). The van der Waals surface area contributed by atoms with E-state index in [1.54, 1.807) is 6.92 Å². The second-order valence-electron chi connectivity index (χ2n) is 4.14. The Kier molecular flexibility index (Phi) is 5.85. The second-order valence-corrected chi connectivity index (χ2v) is 6.77. The summed E-state index contributed by atoms with van der Waals surface area (Å²) in [5.41, 5.74) is -0.187. The fourth-order valence-corrected chi connectivity index (χ4v) is 3.60. The average molecular weight is 319 g/mol. The maximum atomic E-state index is 12.1. The summed E-state index contributed by atoms with van der Waals surface area (Å²) in [5.74, 6) is -0.495. The third kappa shape index (κ3) is 4.12. The van der Waals surface area contributed by atoms with E-state index in [0.29, 0.717) is 5.75 Å². The molecule has 1 aromatic carbocycles. The lowest BCUT2D eigenvalue weighted by Gasteiger charge is -2.14. The van der Waals surface area contributed by atoms with Gasteiger partial charge in [-0.2, -0.15) is 11.8 Å². The van der Waals surface area contributed by atoms with Crippen molar-refractivity contribution in [2.24, 2.45) is 0 Å². The molecule has 0 aliphatic carbocycles. The Hall–Kier alpha value is -1.25. The lowest BCUT2D eigenvalue weighted by Crippen LogP contribution is -2.34. The highest BCUT2D eigenvalue weighted by Gasteiger charge is 2.21. The first-order valence-corrected chi connectivity index (χ1v) is 8.62. The van der Waals surface area contributed by atoms with Gasteiger partial charge in [0.15, 0.2) is 0 Å². The fourth-order valence-electron chi connectivity index (χ4n) is 1.64. The van der Waals surface area contributed by atoms with E-state index in [2.05, 4.69) is 4.72 Å². The molecule has 2 N–H and O–H groups in total. The fraction of sp³-hybridized carbons (Fsp3) is 0.417. The predicted octanol–water partition coefficient (Wildman–Crippen LogP) is 1.42. The molecule has 0 saturated heterocycles. The minimum Gasteiger partial charge on any atom is -0.496 e. The molecule has 8 heteroatoms. The maximum absolute atomic E-state index is 12.1.